The van der Waals surface area contributed by atoms with Gasteiger partial charge in [-0.1, -0.05) is 6.07 Å². The highest BCUT2D eigenvalue weighted by Gasteiger charge is 2.04. The van der Waals surface area contributed by atoms with Gasteiger partial charge in [0.2, 0.25) is 0 Å². The van der Waals surface area contributed by atoms with Crippen molar-refractivity contribution in [3.8, 4) is 5.69 Å². The van der Waals surface area contributed by atoms with E-state index >= 15 is 0 Å². The van der Waals surface area contributed by atoms with Crippen LogP contribution in [0.5, 0.6) is 0 Å². The van der Waals surface area contributed by atoms with Crippen LogP contribution >= 0.6 is 15.9 Å². The number of rotatable bonds is 1. The molecule has 3 nitrogen and oxygen atoms in total. The van der Waals surface area contributed by atoms with Crippen LogP contribution in [-0.4, -0.2) is 9.78 Å². The van der Waals surface area contributed by atoms with Crippen molar-refractivity contribution in [2.24, 2.45) is 0 Å². The zero-order valence-corrected chi connectivity index (χ0v) is 8.70. The highest BCUT2D eigenvalue weighted by Crippen LogP contribution is 2.19. The first kappa shape index (κ1) is 9.21. The molecule has 2 rings (SSSR count). The second-order valence-electron chi connectivity index (χ2n) is 2.79. The maximum absolute atomic E-state index is 12.9. The summed E-state index contributed by atoms with van der Waals surface area (Å²) in [5, 5.41) is 4.00. The lowest BCUT2D eigenvalue weighted by molar-refractivity contribution is 0.625. The molecule has 0 fully saturated rings. The molecule has 1 aromatic carbocycles. The Morgan fingerprint density at radius 1 is 1.43 bits per heavy atom. The van der Waals surface area contributed by atoms with Crippen LogP contribution in [0.2, 0.25) is 0 Å². The van der Waals surface area contributed by atoms with Gasteiger partial charge in [-0.05, 0) is 34.1 Å². The molecular formula is C9H7BrFN3. The van der Waals surface area contributed by atoms with E-state index < -0.39 is 0 Å². The normalized spacial score (nSPS) is 10.4. The minimum Gasteiger partial charge on any atom is -0.381 e. The van der Waals surface area contributed by atoms with Gasteiger partial charge in [-0.25, -0.2) is 9.07 Å². The van der Waals surface area contributed by atoms with Crippen molar-refractivity contribution < 1.29 is 4.39 Å². The molecule has 0 radical (unpaired) electrons. The molecule has 0 aliphatic heterocycles. The van der Waals surface area contributed by atoms with E-state index in [0.29, 0.717) is 16.0 Å². The second kappa shape index (κ2) is 3.42. The average molecular weight is 256 g/mol. The summed E-state index contributed by atoms with van der Waals surface area (Å²) in [4.78, 5) is 0. The number of aromatic nitrogens is 2. The van der Waals surface area contributed by atoms with Crippen LogP contribution < -0.4 is 5.73 Å². The minimum atomic E-state index is -0.298. The number of nitrogens with two attached hydrogens (primary N) is 1. The van der Waals surface area contributed by atoms with E-state index in [-0.39, 0.29) is 5.82 Å². The van der Waals surface area contributed by atoms with E-state index in [2.05, 4.69) is 21.0 Å². The molecule has 0 unspecified atom stereocenters. The molecule has 2 aromatic rings. The van der Waals surface area contributed by atoms with Crippen molar-refractivity contribution in [3.63, 3.8) is 0 Å². The van der Waals surface area contributed by atoms with Gasteiger partial charge in [0.25, 0.3) is 0 Å². The monoisotopic (exact) mass is 255 g/mol. The van der Waals surface area contributed by atoms with Crippen LogP contribution in [0, 0.1) is 5.82 Å². The molecule has 0 saturated carbocycles. The predicted octanol–water partition coefficient (Wildman–Crippen LogP) is 2.36. The number of nitrogens with zero attached hydrogens (tertiary/aromatic N) is 2. The Morgan fingerprint density at radius 2 is 2.21 bits per heavy atom. The number of hydrogen-bond acceptors (Lipinski definition) is 2. The molecule has 1 aromatic heterocycles. The minimum absolute atomic E-state index is 0.298. The largest absolute Gasteiger partial charge is 0.381 e. The quantitative estimate of drug-likeness (QED) is 0.851. The van der Waals surface area contributed by atoms with Crippen molar-refractivity contribution in [2.45, 2.75) is 0 Å². The highest BCUT2D eigenvalue weighted by atomic mass is 79.9. The lowest BCUT2D eigenvalue weighted by atomic mass is 10.3. The summed E-state index contributed by atoms with van der Waals surface area (Å²) in [6.45, 7) is 0. The van der Waals surface area contributed by atoms with Crippen LogP contribution in [0.15, 0.2) is 34.9 Å². The van der Waals surface area contributed by atoms with Gasteiger partial charge < -0.3 is 5.73 Å². The average Bonchev–Trinajstić information content (AvgIpc) is 2.47. The summed E-state index contributed by atoms with van der Waals surface area (Å²) < 4.78 is 15.1. The molecule has 2 N–H and O–H groups in total. The Morgan fingerprint density at radius 3 is 2.79 bits per heavy atom. The van der Waals surface area contributed by atoms with Gasteiger partial charge in [0.15, 0.2) is 5.82 Å². The number of halogens is 2. The summed E-state index contributed by atoms with van der Waals surface area (Å²) in [6.07, 6.45) is 1.68. The predicted molar refractivity (Wildman–Crippen MR) is 55.6 cm³/mol. The standard InChI is InChI=1S/C9H7BrFN3/c10-8-5-14(13-9(8)12)7-3-1-2-6(11)4-7/h1-5H,(H2,12,13). The van der Waals surface area contributed by atoms with E-state index in [0.717, 1.165) is 0 Å². The molecular weight excluding hydrogens is 249 g/mol. The number of hydrogen-bond donors (Lipinski definition) is 1. The third-order valence-electron chi connectivity index (χ3n) is 1.77. The zero-order chi connectivity index (χ0) is 10.1. The van der Waals surface area contributed by atoms with Gasteiger partial charge in [-0.15, -0.1) is 5.10 Å². The molecule has 72 valence electrons. The number of benzene rings is 1. The smallest absolute Gasteiger partial charge is 0.160 e. The van der Waals surface area contributed by atoms with Crippen LogP contribution in [0.3, 0.4) is 0 Å². The van der Waals surface area contributed by atoms with Crippen LogP contribution in [0.4, 0.5) is 10.2 Å². The molecule has 1 heterocycles. The van der Waals surface area contributed by atoms with Gasteiger partial charge in [-0.2, -0.15) is 0 Å². The van der Waals surface area contributed by atoms with Gasteiger partial charge in [0.05, 0.1) is 10.2 Å². The first-order valence-corrected chi connectivity index (χ1v) is 4.73. The Bertz CT molecular complexity index is 447. The van der Waals surface area contributed by atoms with E-state index in [1.165, 1.54) is 16.8 Å². The molecule has 0 bridgehead atoms. The van der Waals surface area contributed by atoms with Gasteiger partial charge in [0, 0.05) is 6.20 Å². The van der Waals surface area contributed by atoms with Gasteiger partial charge >= 0.3 is 0 Å². The van der Waals surface area contributed by atoms with Gasteiger partial charge in [-0.3, -0.25) is 0 Å². The van der Waals surface area contributed by atoms with E-state index in [1.54, 1.807) is 18.3 Å². The molecule has 0 aliphatic carbocycles. The second-order valence-corrected chi connectivity index (χ2v) is 3.64. The number of nitrogen functional groups attached to an aromatic ring is 1. The number of anilines is 1. The van der Waals surface area contributed by atoms with Crippen molar-refractivity contribution in [3.05, 3.63) is 40.8 Å². The fourth-order valence-corrected chi connectivity index (χ4v) is 1.39. The third kappa shape index (κ3) is 1.63. The molecule has 0 amide bonds. The van der Waals surface area contributed by atoms with Crippen LogP contribution in [0.1, 0.15) is 0 Å². The van der Waals surface area contributed by atoms with Crippen molar-refractivity contribution in [1.82, 2.24) is 9.78 Å². The highest BCUT2D eigenvalue weighted by molar-refractivity contribution is 9.10. The molecule has 0 aliphatic rings. The van der Waals surface area contributed by atoms with Crippen molar-refractivity contribution >= 4 is 21.7 Å². The molecule has 0 atom stereocenters. The summed E-state index contributed by atoms with van der Waals surface area (Å²) in [5.74, 6) is 0.0851. The molecule has 0 spiro atoms. The lowest BCUT2D eigenvalue weighted by Crippen LogP contribution is -1.96. The maximum Gasteiger partial charge on any atom is 0.160 e. The van der Waals surface area contributed by atoms with Crippen LogP contribution in [0.25, 0.3) is 5.69 Å². The fraction of sp³-hybridized carbons (Fsp3) is 0. The zero-order valence-electron chi connectivity index (χ0n) is 7.11. The van der Waals surface area contributed by atoms with E-state index in [1.807, 2.05) is 0 Å². The van der Waals surface area contributed by atoms with Crippen LogP contribution in [-0.2, 0) is 0 Å². The molecule has 0 saturated heterocycles. The first-order chi connectivity index (χ1) is 6.66. The Kier molecular flexibility index (Phi) is 2.25. The van der Waals surface area contributed by atoms with Crippen molar-refractivity contribution in [1.29, 1.82) is 0 Å². The third-order valence-corrected chi connectivity index (χ3v) is 2.38. The fourth-order valence-electron chi connectivity index (χ4n) is 1.12. The Hall–Kier alpha value is -1.36. The van der Waals surface area contributed by atoms with E-state index in [9.17, 15) is 4.39 Å². The summed E-state index contributed by atoms with van der Waals surface area (Å²) >= 11 is 3.23. The summed E-state index contributed by atoms with van der Waals surface area (Å²) in [7, 11) is 0. The maximum atomic E-state index is 12.9. The Balaban J connectivity index is 2.49. The van der Waals surface area contributed by atoms with Gasteiger partial charge in [0.1, 0.15) is 5.82 Å². The topological polar surface area (TPSA) is 43.8 Å². The Labute approximate surface area is 88.5 Å². The lowest BCUT2D eigenvalue weighted by Gasteiger charge is -1.99. The summed E-state index contributed by atoms with van der Waals surface area (Å²) in [6, 6.07) is 6.14. The van der Waals surface area contributed by atoms with Crippen molar-refractivity contribution in [2.75, 3.05) is 5.73 Å². The SMILES string of the molecule is Nc1nn(-c2cccc(F)c2)cc1Br. The first-order valence-electron chi connectivity index (χ1n) is 3.93. The molecule has 14 heavy (non-hydrogen) atoms. The summed E-state index contributed by atoms with van der Waals surface area (Å²) in [5.41, 5.74) is 6.18. The molecule has 5 heteroatoms. The van der Waals surface area contributed by atoms with E-state index in [4.69, 9.17) is 5.73 Å².